The number of rotatable bonds is 1. The molecule has 0 amide bonds. The highest BCUT2D eigenvalue weighted by Gasteiger charge is 2.52. The Bertz CT molecular complexity index is 445. The molecule has 22 heavy (non-hydrogen) atoms. The Labute approximate surface area is 138 Å². The number of hydrogen-bond acceptors (Lipinski definition) is 0. The van der Waals surface area contributed by atoms with Gasteiger partial charge in [0.15, 0.2) is 0 Å². The normalized spacial score (nSPS) is 49.9. The molecule has 0 aromatic heterocycles. The molecule has 0 saturated heterocycles. The van der Waals surface area contributed by atoms with Crippen LogP contribution in [0.5, 0.6) is 0 Å². The summed E-state index contributed by atoms with van der Waals surface area (Å²) in [4.78, 5) is 0. The van der Waals surface area contributed by atoms with Gasteiger partial charge in [0.2, 0.25) is 0 Å². The van der Waals surface area contributed by atoms with Crippen LogP contribution in [0.1, 0.15) is 78.6 Å². The van der Waals surface area contributed by atoms with E-state index in [1.54, 1.807) is 25.7 Å². The van der Waals surface area contributed by atoms with Gasteiger partial charge in [-0.1, -0.05) is 26.0 Å². The second-order valence-electron chi connectivity index (χ2n) is 10.2. The van der Waals surface area contributed by atoms with Gasteiger partial charge < -0.3 is 0 Å². The number of hydrogen-bond donors (Lipinski definition) is 0. The van der Waals surface area contributed by atoms with Gasteiger partial charge in [0.25, 0.3) is 0 Å². The summed E-state index contributed by atoms with van der Waals surface area (Å²) in [6.07, 6.45) is 13.7. The lowest BCUT2D eigenvalue weighted by Crippen LogP contribution is -2.46. The van der Waals surface area contributed by atoms with Gasteiger partial charge in [0.05, 0.1) is 0 Å². The first kappa shape index (κ1) is 15.3. The van der Waals surface area contributed by atoms with Crippen molar-refractivity contribution in [3.63, 3.8) is 0 Å². The zero-order valence-electron chi connectivity index (χ0n) is 15.1. The maximum Gasteiger partial charge on any atom is -0.0177 e. The van der Waals surface area contributed by atoms with Crippen LogP contribution in [0.15, 0.2) is 12.2 Å². The van der Waals surface area contributed by atoms with E-state index in [0.29, 0.717) is 5.41 Å². The van der Waals surface area contributed by atoms with E-state index >= 15 is 0 Å². The third-order valence-electron chi connectivity index (χ3n) is 8.44. The minimum absolute atomic E-state index is 0.629. The van der Waals surface area contributed by atoms with E-state index in [2.05, 4.69) is 27.4 Å². The van der Waals surface area contributed by atoms with Crippen LogP contribution in [0.25, 0.3) is 0 Å². The van der Waals surface area contributed by atoms with Crippen molar-refractivity contribution in [3.8, 4) is 0 Å². The van der Waals surface area contributed by atoms with E-state index in [1.807, 2.05) is 0 Å². The molecule has 7 unspecified atom stereocenters. The van der Waals surface area contributed by atoms with Gasteiger partial charge in [-0.2, -0.15) is 0 Å². The maximum atomic E-state index is 4.31. The Kier molecular flexibility index (Phi) is 3.74. The second kappa shape index (κ2) is 5.38. The van der Waals surface area contributed by atoms with Gasteiger partial charge in [0.1, 0.15) is 0 Å². The van der Waals surface area contributed by atoms with Crippen LogP contribution in [-0.2, 0) is 0 Å². The van der Waals surface area contributed by atoms with Crippen LogP contribution in [-0.4, -0.2) is 0 Å². The molecule has 0 aromatic carbocycles. The van der Waals surface area contributed by atoms with E-state index in [4.69, 9.17) is 0 Å². The van der Waals surface area contributed by atoms with Crippen molar-refractivity contribution in [2.45, 2.75) is 78.6 Å². The van der Waals surface area contributed by atoms with Crippen molar-refractivity contribution in [2.24, 2.45) is 46.8 Å². The smallest absolute Gasteiger partial charge is 0.0177 e. The average Bonchev–Trinajstić information content (AvgIpc) is 2.89. The SMILES string of the molecule is C=C(C)C1CCC2C1CCC1C3CCC(C)(C)CC3CCC12. The zero-order valence-corrected chi connectivity index (χ0v) is 15.1. The first-order chi connectivity index (χ1) is 10.5. The van der Waals surface area contributed by atoms with Crippen molar-refractivity contribution in [1.29, 1.82) is 0 Å². The molecule has 0 N–H and O–H groups in total. The lowest BCUT2D eigenvalue weighted by atomic mass is 9.51. The first-order valence-electron chi connectivity index (χ1n) is 10.1. The van der Waals surface area contributed by atoms with Gasteiger partial charge in [-0.05, 0) is 112 Å². The third kappa shape index (κ3) is 2.40. The minimum Gasteiger partial charge on any atom is -0.0999 e. The minimum atomic E-state index is 0.629. The molecule has 124 valence electrons. The third-order valence-corrected chi connectivity index (χ3v) is 8.44. The van der Waals surface area contributed by atoms with Crippen molar-refractivity contribution in [1.82, 2.24) is 0 Å². The fourth-order valence-electron chi connectivity index (χ4n) is 7.58. The van der Waals surface area contributed by atoms with Crippen LogP contribution in [0, 0.1) is 46.8 Å². The molecule has 0 bridgehead atoms. The standard InChI is InChI=1S/C22H36/c1-14(2)16-7-8-21-18(16)9-10-19-17-11-12-22(3,4)13-15(17)5-6-20(19)21/h15-21H,1,5-13H2,2-4H3. The second-order valence-corrected chi connectivity index (χ2v) is 10.2. The molecule has 0 nitrogen and oxygen atoms in total. The molecule has 4 aliphatic carbocycles. The Morgan fingerprint density at radius 1 is 0.773 bits per heavy atom. The predicted octanol–water partition coefficient (Wildman–Crippen LogP) is 6.47. The molecule has 4 aliphatic rings. The molecular formula is C22H36. The highest BCUT2D eigenvalue weighted by Crippen LogP contribution is 2.61. The molecule has 0 radical (unpaired) electrons. The molecule has 0 spiro atoms. The maximum absolute atomic E-state index is 4.31. The highest BCUT2D eigenvalue weighted by atomic mass is 14.6. The van der Waals surface area contributed by atoms with Crippen LogP contribution in [0.3, 0.4) is 0 Å². The van der Waals surface area contributed by atoms with Crippen molar-refractivity contribution >= 4 is 0 Å². The van der Waals surface area contributed by atoms with Gasteiger partial charge in [0, 0.05) is 0 Å². The summed E-state index contributed by atoms with van der Waals surface area (Å²) in [5, 5.41) is 0. The lowest BCUT2D eigenvalue weighted by Gasteiger charge is -2.54. The van der Waals surface area contributed by atoms with Crippen LogP contribution in [0.2, 0.25) is 0 Å². The Morgan fingerprint density at radius 2 is 1.36 bits per heavy atom. The van der Waals surface area contributed by atoms with E-state index in [1.165, 1.54) is 37.7 Å². The highest BCUT2D eigenvalue weighted by molar-refractivity contribution is 5.08. The van der Waals surface area contributed by atoms with Crippen LogP contribution < -0.4 is 0 Å². The largest absolute Gasteiger partial charge is 0.0999 e. The summed E-state index contributed by atoms with van der Waals surface area (Å²) in [6, 6.07) is 0. The molecule has 0 heteroatoms. The van der Waals surface area contributed by atoms with Gasteiger partial charge in [-0.25, -0.2) is 0 Å². The number of fused-ring (bicyclic) bond motifs is 5. The van der Waals surface area contributed by atoms with E-state index in [0.717, 1.165) is 41.4 Å². The van der Waals surface area contributed by atoms with Crippen molar-refractivity contribution in [2.75, 3.05) is 0 Å². The first-order valence-corrected chi connectivity index (χ1v) is 10.1. The quantitative estimate of drug-likeness (QED) is 0.487. The summed E-state index contributed by atoms with van der Waals surface area (Å²) in [7, 11) is 0. The monoisotopic (exact) mass is 300 g/mol. The van der Waals surface area contributed by atoms with Gasteiger partial charge >= 0.3 is 0 Å². The summed E-state index contributed by atoms with van der Waals surface area (Å²) < 4.78 is 0. The molecule has 4 rings (SSSR count). The van der Waals surface area contributed by atoms with E-state index in [9.17, 15) is 0 Å². The fraction of sp³-hybridized carbons (Fsp3) is 0.909. The Balaban J connectivity index is 1.51. The summed E-state index contributed by atoms with van der Waals surface area (Å²) in [6.45, 7) is 11.6. The van der Waals surface area contributed by atoms with E-state index in [-0.39, 0.29) is 0 Å². The van der Waals surface area contributed by atoms with Gasteiger partial charge in [-0.3, -0.25) is 0 Å². The molecule has 4 saturated carbocycles. The Hall–Kier alpha value is -0.260. The Morgan fingerprint density at radius 3 is 2.14 bits per heavy atom. The fourth-order valence-corrected chi connectivity index (χ4v) is 7.58. The molecule has 0 aliphatic heterocycles. The molecular weight excluding hydrogens is 264 g/mol. The molecule has 4 fully saturated rings. The van der Waals surface area contributed by atoms with Crippen LogP contribution in [0.4, 0.5) is 0 Å². The zero-order chi connectivity index (χ0) is 15.5. The van der Waals surface area contributed by atoms with E-state index < -0.39 is 0 Å². The van der Waals surface area contributed by atoms with Crippen molar-refractivity contribution < 1.29 is 0 Å². The summed E-state index contributed by atoms with van der Waals surface area (Å²) in [5.41, 5.74) is 2.11. The average molecular weight is 301 g/mol. The molecule has 7 atom stereocenters. The van der Waals surface area contributed by atoms with Crippen LogP contribution >= 0.6 is 0 Å². The van der Waals surface area contributed by atoms with Crippen molar-refractivity contribution in [3.05, 3.63) is 12.2 Å². The molecule has 0 aromatic rings. The summed E-state index contributed by atoms with van der Waals surface area (Å²) in [5.74, 6) is 7.29. The number of allylic oxidation sites excluding steroid dienone is 1. The molecule has 0 heterocycles. The predicted molar refractivity (Wildman–Crippen MR) is 94.6 cm³/mol. The van der Waals surface area contributed by atoms with Gasteiger partial charge in [-0.15, -0.1) is 0 Å². The topological polar surface area (TPSA) is 0 Å². The lowest BCUT2D eigenvalue weighted by molar-refractivity contribution is -0.0448. The summed E-state index contributed by atoms with van der Waals surface area (Å²) >= 11 is 0.